The summed E-state index contributed by atoms with van der Waals surface area (Å²) in [7, 11) is 0. The first-order chi connectivity index (χ1) is 36.2. The lowest BCUT2D eigenvalue weighted by Crippen LogP contribution is -2.61. The zero-order chi connectivity index (χ0) is 54.0. The van der Waals surface area contributed by atoms with Crippen LogP contribution in [0, 0.1) is 0 Å². The van der Waals surface area contributed by atoms with Crippen molar-refractivity contribution >= 4 is 11.9 Å². The summed E-state index contributed by atoms with van der Waals surface area (Å²) in [6.07, 6.45) is 54.9. The highest BCUT2D eigenvalue weighted by molar-refractivity contribution is 5.80. The maximum Gasteiger partial charge on any atom is 0.306 e. The minimum absolute atomic E-state index is 0.00390. The monoisotopic (exact) mass is 1040 g/mol. The number of hydrogen-bond donors (Lipinski definition) is 6. The second-order valence-electron chi connectivity index (χ2n) is 20.4. The Balaban J connectivity index is 2.75. The summed E-state index contributed by atoms with van der Waals surface area (Å²) in [6, 6.07) is -1.04. The van der Waals surface area contributed by atoms with Gasteiger partial charge in [-0.15, -0.1) is 0 Å². The van der Waals surface area contributed by atoms with E-state index < -0.39 is 67.4 Å². The number of allylic oxidation sites excluding steroid dienone is 13. The summed E-state index contributed by atoms with van der Waals surface area (Å²) in [6.45, 7) is 5.63. The molecule has 1 aliphatic rings. The van der Waals surface area contributed by atoms with Crippen LogP contribution in [0.25, 0.3) is 0 Å². The van der Waals surface area contributed by atoms with E-state index in [1.165, 1.54) is 116 Å². The molecule has 0 radical (unpaired) electrons. The van der Waals surface area contributed by atoms with Gasteiger partial charge in [0.2, 0.25) is 5.91 Å². The molecule has 0 aromatic heterocycles. The average molecular weight is 1040 g/mol. The van der Waals surface area contributed by atoms with Crippen molar-refractivity contribution in [3.05, 3.63) is 85.1 Å². The fraction of sp³-hybridized carbons (Fsp3) is 0.746. The molecule has 1 fully saturated rings. The van der Waals surface area contributed by atoms with Crippen LogP contribution in [0.3, 0.4) is 0 Å². The van der Waals surface area contributed by atoms with Gasteiger partial charge in [0.05, 0.1) is 25.4 Å². The van der Waals surface area contributed by atoms with Crippen molar-refractivity contribution in [2.75, 3.05) is 13.2 Å². The van der Waals surface area contributed by atoms with Crippen molar-refractivity contribution in [2.24, 2.45) is 0 Å². The van der Waals surface area contributed by atoms with Crippen LogP contribution in [0.5, 0.6) is 0 Å². The van der Waals surface area contributed by atoms with Crippen LogP contribution in [0.1, 0.15) is 239 Å². The van der Waals surface area contributed by atoms with E-state index in [1.807, 2.05) is 18.2 Å². The topological polar surface area (TPSA) is 175 Å². The number of esters is 1. The molecular formula is C63H109NO10. The predicted octanol–water partition coefficient (Wildman–Crippen LogP) is 13.8. The fourth-order valence-electron chi connectivity index (χ4n) is 8.85. The van der Waals surface area contributed by atoms with Crippen LogP contribution in [-0.2, 0) is 23.8 Å². The number of carbonyl (C=O) groups excluding carboxylic acids is 2. The summed E-state index contributed by atoms with van der Waals surface area (Å²) in [5.41, 5.74) is 0. The number of hydrogen-bond acceptors (Lipinski definition) is 10. The first kappa shape index (κ1) is 68.9. The second-order valence-corrected chi connectivity index (χ2v) is 20.4. The van der Waals surface area contributed by atoms with Crippen molar-refractivity contribution in [1.82, 2.24) is 5.32 Å². The van der Waals surface area contributed by atoms with Crippen LogP contribution in [0.2, 0.25) is 0 Å². The lowest BCUT2D eigenvalue weighted by molar-refractivity contribution is -0.305. The Morgan fingerprint density at radius 1 is 0.541 bits per heavy atom. The molecule has 1 heterocycles. The Bertz CT molecular complexity index is 1520. The Morgan fingerprint density at radius 3 is 1.43 bits per heavy atom. The van der Waals surface area contributed by atoms with Gasteiger partial charge in [0.25, 0.3) is 0 Å². The van der Waals surface area contributed by atoms with E-state index in [0.29, 0.717) is 19.3 Å². The number of unbranched alkanes of at least 4 members (excludes halogenated alkanes) is 23. The summed E-state index contributed by atoms with van der Waals surface area (Å²) < 4.78 is 17.5. The molecule has 74 heavy (non-hydrogen) atoms. The highest BCUT2D eigenvalue weighted by Gasteiger charge is 2.47. The normalized spacial score (nSPS) is 19.9. The van der Waals surface area contributed by atoms with E-state index in [-0.39, 0.29) is 19.4 Å². The molecule has 8 atom stereocenters. The zero-order valence-electron chi connectivity index (χ0n) is 46.9. The minimum Gasteiger partial charge on any atom is -0.454 e. The first-order valence-corrected chi connectivity index (χ1v) is 29.9. The van der Waals surface area contributed by atoms with E-state index in [9.17, 15) is 35.1 Å². The predicted molar refractivity (Wildman–Crippen MR) is 306 cm³/mol. The average Bonchev–Trinajstić information content (AvgIpc) is 3.40. The van der Waals surface area contributed by atoms with Gasteiger partial charge in [-0.25, -0.2) is 0 Å². The van der Waals surface area contributed by atoms with E-state index in [0.717, 1.165) is 70.6 Å². The quantitative estimate of drug-likeness (QED) is 0.0195. The fourth-order valence-corrected chi connectivity index (χ4v) is 8.85. The molecule has 1 aliphatic heterocycles. The van der Waals surface area contributed by atoms with E-state index in [1.54, 1.807) is 6.08 Å². The van der Waals surface area contributed by atoms with Crippen molar-refractivity contribution in [3.8, 4) is 0 Å². The van der Waals surface area contributed by atoms with Gasteiger partial charge in [-0.3, -0.25) is 9.59 Å². The summed E-state index contributed by atoms with van der Waals surface area (Å²) >= 11 is 0. The molecule has 1 saturated heterocycles. The first-order valence-electron chi connectivity index (χ1n) is 29.9. The molecule has 0 aliphatic carbocycles. The third kappa shape index (κ3) is 38.4. The number of aliphatic hydroxyl groups is 5. The minimum atomic E-state index is -1.65. The van der Waals surface area contributed by atoms with Crippen LogP contribution in [-0.4, -0.2) is 99.6 Å². The van der Waals surface area contributed by atoms with E-state index in [4.69, 9.17) is 14.2 Å². The molecule has 0 spiro atoms. The molecule has 8 unspecified atom stereocenters. The zero-order valence-corrected chi connectivity index (χ0v) is 46.9. The van der Waals surface area contributed by atoms with Gasteiger partial charge >= 0.3 is 5.97 Å². The standard InChI is InChI=1S/C63H109NO10/c1-4-7-10-13-16-19-22-25-27-28-29-30-31-33-36-39-42-45-48-51-58(68)74-61-60(70)59(69)57(52-65)73-63(61)72-53-54(55(66)49-46-43-40-37-34-24-21-18-15-12-9-6-3)64-62(71)56(67)50-47-44-41-38-35-32-26-23-20-17-14-11-8-5-2/h7,10,16,19,25,27,29-30,33,36,42,45-46,49,54-57,59-61,63,65-67,69-70H,4-6,8-9,11-15,17-18,20-24,26,28,31-32,34-35,37-41,43-44,47-48,50-53H2,1-3H3,(H,64,71)/b10-7-,19-16-,27-25-,30-29-,36-33-,45-42-,49-46+. The molecule has 1 rings (SSSR count). The molecule has 6 N–H and O–H groups in total. The molecule has 0 aromatic carbocycles. The number of ether oxygens (including phenoxy) is 3. The van der Waals surface area contributed by atoms with Crippen molar-refractivity contribution < 1.29 is 49.3 Å². The second kappa shape index (κ2) is 50.6. The Kier molecular flexibility index (Phi) is 47.1. The van der Waals surface area contributed by atoms with Gasteiger partial charge in [0, 0.05) is 6.42 Å². The van der Waals surface area contributed by atoms with Crippen LogP contribution >= 0.6 is 0 Å². The Hall–Kier alpha value is -3.16. The van der Waals surface area contributed by atoms with Crippen molar-refractivity contribution in [1.29, 1.82) is 0 Å². The van der Waals surface area contributed by atoms with Crippen LogP contribution < -0.4 is 5.32 Å². The highest BCUT2D eigenvalue weighted by atomic mass is 16.7. The third-order valence-electron chi connectivity index (χ3n) is 13.6. The molecule has 0 saturated carbocycles. The smallest absolute Gasteiger partial charge is 0.306 e. The number of rotatable bonds is 49. The molecule has 0 aromatic rings. The lowest BCUT2D eigenvalue weighted by atomic mass is 9.99. The van der Waals surface area contributed by atoms with Gasteiger partial charge in [0.1, 0.15) is 24.4 Å². The van der Waals surface area contributed by atoms with Gasteiger partial charge in [0.15, 0.2) is 12.4 Å². The maximum absolute atomic E-state index is 13.4. The molecule has 426 valence electrons. The summed E-state index contributed by atoms with van der Waals surface area (Å²) in [4.78, 5) is 26.5. The van der Waals surface area contributed by atoms with E-state index in [2.05, 4.69) is 86.8 Å². The van der Waals surface area contributed by atoms with Gasteiger partial charge < -0.3 is 45.1 Å². The summed E-state index contributed by atoms with van der Waals surface area (Å²) in [5.74, 6) is -1.28. The largest absolute Gasteiger partial charge is 0.454 e. The van der Waals surface area contributed by atoms with Crippen LogP contribution in [0.15, 0.2) is 85.1 Å². The third-order valence-corrected chi connectivity index (χ3v) is 13.6. The van der Waals surface area contributed by atoms with E-state index >= 15 is 0 Å². The lowest BCUT2D eigenvalue weighted by Gasteiger charge is -2.41. The van der Waals surface area contributed by atoms with Gasteiger partial charge in [-0.2, -0.15) is 0 Å². The van der Waals surface area contributed by atoms with Gasteiger partial charge in [-0.1, -0.05) is 254 Å². The maximum atomic E-state index is 13.4. The molecule has 11 heteroatoms. The molecular weight excluding hydrogens is 931 g/mol. The number of amides is 1. The molecule has 1 amide bonds. The molecule has 0 bridgehead atoms. The van der Waals surface area contributed by atoms with Gasteiger partial charge in [-0.05, 0) is 64.2 Å². The number of nitrogens with one attached hydrogen (secondary N) is 1. The Morgan fingerprint density at radius 2 is 0.973 bits per heavy atom. The molecule has 11 nitrogen and oxygen atoms in total. The number of aliphatic hydroxyl groups excluding tert-OH is 5. The number of carbonyl (C=O) groups is 2. The van der Waals surface area contributed by atoms with Crippen LogP contribution in [0.4, 0.5) is 0 Å². The Labute approximate surface area is 451 Å². The highest BCUT2D eigenvalue weighted by Crippen LogP contribution is 2.26. The van der Waals surface area contributed by atoms with Crippen molar-refractivity contribution in [2.45, 2.75) is 288 Å². The summed E-state index contributed by atoms with van der Waals surface area (Å²) in [5, 5.41) is 56.8. The SMILES string of the molecule is CC/C=C\C/C=C\C/C=C\C/C=C\C/C=C\C/C=C\CCC(=O)OC1C(OCC(NC(=O)C(O)CCCCCCCCCCCCCCCC)C(O)/C=C/CCCCCCCCCCCC)OC(CO)C(O)C1O. The van der Waals surface area contributed by atoms with Crippen molar-refractivity contribution in [3.63, 3.8) is 0 Å².